The monoisotopic (exact) mass is 224 g/mol. The van der Waals surface area contributed by atoms with Gasteiger partial charge in [-0.25, -0.2) is 0 Å². The summed E-state index contributed by atoms with van der Waals surface area (Å²) in [5.41, 5.74) is 5.28. The summed E-state index contributed by atoms with van der Waals surface area (Å²) >= 11 is 0. The van der Waals surface area contributed by atoms with Crippen molar-refractivity contribution in [1.29, 1.82) is 0 Å². The molecule has 6 heteroatoms. The van der Waals surface area contributed by atoms with Gasteiger partial charge in [0.1, 0.15) is 0 Å². The molecule has 0 radical (unpaired) electrons. The first-order chi connectivity index (χ1) is 7.66. The van der Waals surface area contributed by atoms with E-state index in [1.807, 2.05) is 0 Å². The van der Waals surface area contributed by atoms with Crippen molar-refractivity contribution in [3.63, 3.8) is 0 Å². The van der Waals surface area contributed by atoms with Gasteiger partial charge in [0.05, 0.1) is 12.0 Å². The van der Waals surface area contributed by atoms with E-state index in [-0.39, 0.29) is 17.9 Å². The lowest BCUT2D eigenvalue weighted by Gasteiger charge is -2.38. The third-order valence-corrected chi connectivity index (χ3v) is 3.15. The highest BCUT2D eigenvalue weighted by molar-refractivity contribution is 5.83. The molecule has 1 aliphatic rings. The van der Waals surface area contributed by atoms with Crippen molar-refractivity contribution in [3.05, 3.63) is 11.7 Å². The van der Waals surface area contributed by atoms with Crippen molar-refractivity contribution in [2.24, 2.45) is 11.1 Å². The van der Waals surface area contributed by atoms with E-state index in [1.54, 1.807) is 6.92 Å². The molecule has 1 fully saturated rings. The Morgan fingerprint density at radius 1 is 1.62 bits per heavy atom. The molecule has 0 atom stereocenters. The number of nitrogens with one attached hydrogen (secondary N) is 1. The Kier molecular flexibility index (Phi) is 2.91. The predicted octanol–water partition coefficient (Wildman–Crippen LogP) is 0.123. The third kappa shape index (κ3) is 1.92. The van der Waals surface area contributed by atoms with Crippen LogP contribution in [0, 0.1) is 12.3 Å². The summed E-state index contributed by atoms with van der Waals surface area (Å²) in [5, 5.41) is 6.44. The maximum Gasteiger partial charge on any atom is 0.246 e. The summed E-state index contributed by atoms with van der Waals surface area (Å²) in [4.78, 5) is 15.9. The van der Waals surface area contributed by atoms with Crippen LogP contribution in [0.15, 0.2) is 4.52 Å². The zero-order valence-corrected chi connectivity index (χ0v) is 9.32. The molecule has 1 aromatic rings. The van der Waals surface area contributed by atoms with Crippen LogP contribution in [0.3, 0.4) is 0 Å². The third-order valence-electron chi connectivity index (χ3n) is 3.15. The summed E-state index contributed by atoms with van der Waals surface area (Å²) < 4.78 is 4.91. The molecule has 2 rings (SSSR count). The highest BCUT2D eigenvalue weighted by Gasteiger charge is 2.42. The predicted molar refractivity (Wildman–Crippen MR) is 56.2 cm³/mol. The van der Waals surface area contributed by atoms with Crippen molar-refractivity contribution in [2.75, 3.05) is 6.54 Å². The number of hydrogen-bond acceptors (Lipinski definition) is 5. The number of rotatable bonds is 4. The molecule has 0 bridgehead atoms. The van der Waals surface area contributed by atoms with Crippen molar-refractivity contribution in [1.82, 2.24) is 15.5 Å². The van der Waals surface area contributed by atoms with Gasteiger partial charge in [-0.05, 0) is 19.8 Å². The average Bonchev–Trinajstić information content (AvgIpc) is 2.60. The number of amides is 1. The molecular formula is C10H16N4O2. The molecule has 88 valence electrons. The van der Waals surface area contributed by atoms with Crippen molar-refractivity contribution >= 4 is 5.91 Å². The van der Waals surface area contributed by atoms with E-state index in [1.165, 1.54) is 0 Å². The Bertz CT molecular complexity index is 378. The standard InChI is InChI=1S/C10H16N4O2/c1-7-13-8(16-14-7)5-12-9(15)10(6-11)3-2-4-10/h2-6,11H2,1H3,(H,12,15). The summed E-state index contributed by atoms with van der Waals surface area (Å²) in [5.74, 6) is 0.996. The summed E-state index contributed by atoms with van der Waals surface area (Å²) in [7, 11) is 0. The lowest BCUT2D eigenvalue weighted by atomic mass is 9.68. The number of carbonyl (C=O) groups excluding carboxylic acids is 1. The zero-order chi connectivity index (χ0) is 11.6. The van der Waals surface area contributed by atoms with Gasteiger partial charge in [0, 0.05) is 6.54 Å². The topological polar surface area (TPSA) is 94.0 Å². The van der Waals surface area contributed by atoms with Crippen LogP contribution in [0.5, 0.6) is 0 Å². The van der Waals surface area contributed by atoms with Gasteiger partial charge in [-0.1, -0.05) is 11.6 Å². The molecule has 0 aliphatic heterocycles. The zero-order valence-electron chi connectivity index (χ0n) is 9.32. The van der Waals surface area contributed by atoms with Crippen LogP contribution in [0.4, 0.5) is 0 Å². The smallest absolute Gasteiger partial charge is 0.246 e. The molecule has 1 aromatic heterocycles. The molecule has 6 nitrogen and oxygen atoms in total. The molecule has 1 heterocycles. The van der Waals surface area contributed by atoms with E-state index >= 15 is 0 Å². The molecule has 1 amide bonds. The van der Waals surface area contributed by atoms with Crippen LogP contribution < -0.4 is 11.1 Å². The van der Waals surface area contributed by atoms with Crippen LogP contribution in [0.1, 0.15) is 31.0 Å². The van der Waals surface area contributed by atoms with Crippen LogP contribution in [0.2, 0.25) is 0 Å². The summed E-state index contributed by atoms with van der Waals surface area (Å²) in [6, 6.07) is 0. The SMILES string of the molecule is Cc1noc(CNC(=O)C2(CN)CCC2)n1. The van der Waals surface area contributed by atoms with Gasteiger partial charge >= 0.3 is 0 Å². The second-order valence-corrected chi connectivity index (χ2v) is 4.26. The van der Waals surface area contributed by atoms with E-state index in [9.17, 15) is 4.79 Å². The minimum atomic E-state index is -0.352. The second-order valence-electron chi connectivity index (χ2n) is 4.26. The minimum Gasteiger partial charge on any atom is -0.346 e. The number of nitrogens with two attached hydrogens (primary N) is 1. The molecule has 0 unspecified atom stereocenters. The molecule has 3 N–H and O–H groups in total. The number of hydrogen-bond donors (Lipinski definition) is 2. The summed E-state index contributed by atoms with van der Waals surface area (Å²) in [6.07, 6.45) is 2.82. The maximum absolute atomic E-state index is 11.9. The first-order valence-electron chi connectivity index (χ1n) is 5.44. The highest BCUT2D eigenvalue weighted by Crippen LogP contribution is 2.39. The quantitative estimate of drug-likeness (QED) is 0.757. The van der Waals surface area contributed by atoms with Gasteiger partial charge in [0.2, 0.25) is 11.8 Å². The molecule has 0 saturated heterocycles. The van der Waals surface area contributed by atoms with E-state index in [0.29, 0.717) is 18.3 Å². The molecule has 0 aromatic carbocycles. The minimum absolute atomic E-state index is 0.00268. The van der Waals surface area contributed by atoms with Crippen molar-refractivity contribution in [3.8, 4) is 0 Å². The number of carbonyl (C=O) groups is 1. The fraction of sp³-hybridized carbons (Fsp3) is 0.700. The molecular weight excluding hydrogens is 208 g/mol. The molecule has 16 heavy (non-hydrogen) atoms. The van der Waals surface area contributed by atoms with Crippen LogP contribution in [-0.4, -0.2) is 22.6 Å². The number of aryl methyl sites for hydroxylation is 1. The number of aromatic nitrogens is 2. The number of nitrogens with zero attached hydrogens (tertiary/aromatic N) is 2. The van der Waals surface area contributed by atoms with Gasteiger partial charge in [0.15, 0.2) is 5.82 Å². The Labute approximate surface area is 93.6 Å². The Morgan fingerprint density at radius 3 is 2.81 bits per heavy atom. The fourth-order valence-electron chi connectivity index (χ4n) is 1.88. The maximum atomic E-state index is 11.9. The largest absolute Gasteiger partial charge is 0.346 e. The Balaban J connectivity index is 1.88. The van der Waals surface area contributed by atoms with Gasteiger partial charge in [-0.15, -0.1) is 0 Å². The first kappa shape index (κ1) is 11.1. The van der Waals surface area contributed by atoms with Crippen LogP contribution in [-0.2, 0) is 11.3 Å². The lowest BCUT2D eigenvalue weighted by Crippen LogP contribution is -2.50. The molecule has 1 saturated carbocycles. The van der Waals surface area contributed by atoms with Crippen LogP contribution in [0.25, 0.3) is 0 Å². The molecule has 1 aliphatic carbocycles. The molecule has 0 spiro atoms. The van der Waals surface area contributed by atoms with Gasteiger partial charge in [-0.2, -0.15) is 4.98 Å². The van der Waals surface area contributed by atoms with Gasteiger partial charge in [-0.3, -0.25) is 4.79 Å². The Hall–Kier alpha value is -1.43. The average molecular weight is 224 g/mol. The van der Waals surface area contributed by atoms with E-state index < -0.39 is 0 Å². The summed E-state index contributed by atoms with van der Waals surface area (Å²) in [6.45, 7) is 2.42. The van der Waals surface area contributed by atoms with Gasteiger partial charge < -0.3 is 15.6 Å². The van der Waals surface area contributed by atoms with E-state index in [0.717, 1.165) is 19.3 Å². The lowest BCUT2D eigenvalue weighted by molar-refractivity contribution is -0.135. The fourth-order valence-corrected chi connectivity index (χ4v) is 1.88. The van der Waals surface area contributed by atoms with E-state index in [4.69, 9.17) is 10.3 Å². The Morgan fingerprint density at radius 2 is 2.38 bits per heavy atom. The first-order valence-corrected chi connectivity index (χ1v) is 5.44. The van der Waals surface area contributed by atoms with Crippen molar-refractivity contribution in [2.45, 2.75) is 32.7 Å². The highest BCUT2D eigenvalue weighted by atomic mass is 16.5. The van der Waals surface area contributed by atoms with E-state index in [2.05, 4.69) is 15.5 Å². The second kappa shape index (κ2) is 4.21. The van der Waals surface area contributed by atoms with Gasteiger partial charge in [0.25, 0.3) is 0 Å². The normalized spacial score (nSPS) is 17.9. The van der Waals surface area contributed by atoms with Crippen LogP contribution >= 0.6 is 0 Å². The van der Waals surface area contributed by atoms with Crippen molar-refractivity contribution < 1.29 is 9.32 Å².